The number of aryl methyl sites for hydroxylation is 1. The summed E-state index contributed by atoms with van der Waals surface area (Å²) >= 11 is 5.97. The molecule has 1 aromatic carbocycles. The molecule has 1 aliphatic heterocycles. The molecule has 0 saturated carbocycles. The number of anilines is 2. The molecule has 2 aromatic heterocycles. The van der Waals surface area contributed by atoms with Crippen molar-refractivity contribution in [2.75, 3.05) is 10.6 Å². The fourth-order valence-corrected chi connectivity index (χ4v) is 3.42. The van der Waals surface area contributed by atoms with Crippen LogP contribution >= 0.6 is 11.6 Å². The van der Waals surface area contributed by atoms with E-state index in [2.05, 4.69) is 15.7 Å². The maximum atomic E-state index is 13.2. The Morgan fingerprint density at radius 2 is 2.26 bits per heavy atom. The van der Waals surface area contributed by atoms with E-state index in [4.69, 9.17) is 16.0 Å². The van der Waals surface area contributed by atoms with Gasteiger partial charge in [-0.2, -0.15) is 5.10 Å². The molecule has 1 unspecified atom stereocenters. The summed E-state index contributed by atoms with van der Waals surface area (Å²) in [4.78, 5) is 24.7. The van der Waals surface area contributed by atoms with Crippen LogP contribution in [-0.2, 0) is 11.8 Å². The highest BCUT2D eigenvalue weighted by Crippen LogP contribution is 2.41. The molecule has 138 valence electrons. The summed E-state index contributed by atoms with van der Waals surface area (Å²) in [5.74, 6) is -0.284. The van der Waals surface area contributed by atoms with Gasteiger partial charge in [-0.1, -0.05) is 11.6 Å². The molecule has 1 atom stereocenters. The quantitative estimate of drug-likeness (QED) is 0.718. The molecule has 0 saturated heterocycles. The monoisotopic (exact) mass is 388 g/mol. The van der Waals surface area contributed by atoms with E-state index in [1.54, 1.807) is 19.2 Å². The average Bonchev–Trinajstić information content (AvgIpc) is 3.23. The van der Waals surface area contributed by atoms with E-state index in [0.717, 1.165) is 12.1 Å². The number of nitrogens with zero attached hydrogens (tertiary/aromatic N) is 2. The summed E-state index contributed by atoms with van der Waals surface area (Å²) in [6.07, 6.45) is 1.68. The summed E-state index contributed by atoms with van der Waals surface area (Å²) < 4.78 is 20.2. The lowest BCUT2D eigenvalue weighted by Gasteiger charge is -2.22. The fourth-order valence-electron chi connectivity index (χ4n) is 3.16. The minimum atomic E-state index is -0.535. The third kappa shape index (κ3) is 3.08. The van der Waals surface area contributed by atoms with E-state index < -0.39 is 17.6 Å². The number of nitrogens with one attached hydrogen (secondary N) is 2. The summed E-state index contributed by atoms with van der Waals surface area (Å²) in [6.45, 7) is 0. The molecule has 0 spiro atoms. The van der Waals surface area contributed by atoms with Crippen molar-refractivity contribution >= 4 is 35.1 Å². The lowest BCUT2D eigenvalue weighted by atomic mass is 9.91. The van der Waals surface area contributed by atoms with Crippen molar-refractivity contribution in [2.45, 2.75) is 12.3 Å². The number of fused-ring (bicyclic) bond motifs is 1. The largest absolute Gasteiger partial charge is 0.469 e. The first-order valence-electron chi connectivity index (χ1n) is 8.10. The van der Waals surface area contributed by atoms with Gasteiger partial charge < -0.3 is 15.1 Å². The van der Waals surface area contributed by atoms with E-state index >= 15 is 0 Å². The maximum absolute atomic E-state index is 13.2. The fraction of sp³-hybridized carbons (Fsp3) is 0.167. The smallest absolute Gasteiger partial charge is 0.258 e. The first kappa shape index (κ1) is 17.3. The van der Waals surface area contributed by atoms with E-state index in [1.807, 2.05) is 0 Å². The van der Waals surface area contributed by atoms with Crippen LogP contribution in [0.3, 0.4) is 0 Å². The van der Waals surface area contributed by atoms with Gasteiger partial charge in [0.05, 0.1) is 28.3 Å². The number of amides is 2. The molecular formula is C18H14ClFN4O3. The first-order valence-corrected chi connectivity index (χ1v) is 8.48. The van der Waals surface area contributed by atoms with Crippen molar-refractivity contribution in [1.82, 2.24) is 9.78 Å². The minimum Gasteiger partial charge on any atom is -0.469 e. The molecule has 0 bridgehead atoms. The Labute approximate surface area is 158 Å². The van der Waals surface area contributed by atoms with Crippen molar-refractivity contribution in [1.29, 1.82) is 0 Å². The van der Waals surface area contributed by atoms with Gasteiger partial charge in [0, 0.05) is 13.5 Å². The van der Waals surface area contributed by atoms with E-state index in [9.17, 15) is 14.0 Å². The van der Waals surface area contributed by atoms with Crippen LogP contribution in [-0.4, -0.2) is 21.6 Å². The molecule has 2 amide bonds. The number of furan rings is 1. The third-order valence-electron chi connectivity index (χ3n) is 4.37. The van der Waals surface area contributed by atoms with Crippen molar-refractivity contribution < 1.29 is 18.4 Å². The Kier molecular flexibility index (Phi) is 4.19. The van der Waals surface area contributed by atoms with Crippen LogP contribution in [0.15, 0.2) is 41.0 Å². The Bertz CT molecular complexity index is 1050. The predicted octanol–water partition coefficient (Wildman–Crippen LogP) is 3.53. The first-order chi connectivity index (χ1) is 12.9. The lowest BCUT2D eigenvalue weighted by Crippen LogP contribution is -2.25. The van der Waals surface area contributed by atoms with Gasteiger partial charge in [-0.15, -0.1) is 0 Å². The topological polar surface area (TPSA) is 89.2 Å². The highest BCUT2D eigenvalue weighted by molar-refractivity contribution is 6.34. The van der Waals surface area contributed by atoms with Gasteiger partial charge in [-0.25, -0.2) is 4.39 Å². The van der Waals surface area contributed by atoms with Gasteiger partial charge in [-0.3, -0.25) is 14.3 Å². The number of rotatable bonds is 3. The summed E-state index contributed by atoms with van der Waals surface area (Å²) in [5, 5.41) is 9.77. The maximum Gasteiger partial charge on any atom is 0.258 e. The number of halogens is 2. The third-order valence-corrected chi connectivity index (χ3v) is 4.69. The standard InChI is InChI=1S/C18H14ClFN4O3/c1-24-17-15(11(8-14(25)21-17)13-3-2-6-27-13)16(23-24)22-18(26)10-5-4-9(20)7-12(10)19/h2-7,11H,8H2,1H3,(H,21,25)(H,22,23,26). The molecule has 9 heteroatoms. The molecule has 0 radical (unpaired) electrons. The number of carbonyl (C=O) groups is 2. The lowest BCUT2D eigenvalue weighted by molar-refractivity contribution is -0.116. The number of hydrogen-bond acceptors (Lipinski definition) is 4. The van der Waals surface area contributed by atoms with Crippen LogP contribution in [0.4, 0.5) is 16.0 Å². The molecule has 1 aliphatic rings. The summed E-state index contributed by atoms with van der Waals surface area (Å²) in [5.41, 5.74) is 0.755. The number of hydrogen-bond donors (Lipinski definition) is 2. The molecule has 0 fully saturated rings. The van der Waals surface area contributed by atoms with E-state index in [-0.39, 0.29) is 28.7 Å². The van der Waals surface area contributed by atoms with E-state index in [0.29, 0.717) is 17.1 Å². The minimum absolute atomic E-state index is 0.00631. The van der Waals surface area contributed by atoms with Crippen molar-refractivity contribution in [2.24, 2.45) is 7.05 Å². The van der Waals surface area contributed by atoms with Gasteiger partial charge in [0.25, 0.3) is 5.91 Å². The zero-order valence-corrected chi connectivity index (χ0v) is 14.9. The van der Waals surface area contributed by atoms with Crippen LogP contribution in [0.1, 0.15) is 34.0 Å². The second-order valence-corrected chi connectivity index (χ2v) is 6.54. The summed E-state index contributed by atoms with van der Waals surface area (Å²) in [6, 6.07) is 7.02. The van der Waals surface area contributed by atoms with Crippen LogP contribution in [0.5, 0.6) is 0 Å². The predicted molar refractivity (Wildman–Crippen MR) is 96.4 cm³/mol. The molecule has 27 heavy (non-hydrogen) atoms. The Morgan fingerprint density at radius 3 is 2.96 bits per heavy atom. The van der Waals surface area contributed by atoms with Crippen molar-refractivity contribution in [3.8, 4) is 0 Å². The molecule has 0 aliphatic carbocycles. The normalized spacial score (nSPS) is 16.0. The molecule has 3 heterocycles. The SMILES string of the molecule is Cn1nc(NC(=O)c2ccc(F)cc2Cl)c2c1NC(=O)CC2c1ccco1. The van der Waals surface area contributed by atoms with Gasteiger partial charge in [-0.05, 0) is 30.3 Å². The van der Waals surface area contributed by atoms with Gasteiger partial charge in [0.1, 0.15) is 17.4 Å². The van der Waals surface area contributed by atoms with E-state index in [1.165, 1.54) is 17.0 Å². The Hall–Kier alpha value is -3.13. The van der Waals surface area contributed by atoms with Gasteiger partial charge >= 0.3 is 0 Å². The van der Waals surface area contributed by atoms with Crippen molar-refractivity contribution in [3.63, 3.8) is 0 Å². The second-order valence-electron chi connectivity index (χ2n) is 6.13. The molecular weight excluding hydrogens is 375 g/mol. The second kappa shape index (κ2) is 6.55. The number of benzene rings is 1. The van der Waals surface area contributed by atoms with Crippen LogP contribution < -0.4 is 10.6 Å². The van der Waals surface area contributed by atoms with Crippen LogP contribution in [0.25, 0.3) is 0 Å². The van der Waals surface area contributed by atoms with Gasteiger partial charge in [0.2, 0.25) is 5.91 Å². The molecule has 4 rings (SSSR count). The molecule has 7 nitrogen and oxygen atoms in total. The number of aromatic nitrogens is 2. The van der Waals surface area contributed by atoms with Crippen LogP contribution in [0, 0.1) is 5.82 Å². The highest BCUT2D eigenvalue weighted by atomic mass is 35.5. The van der Waals surface area contributed by atoms with Crippen LogP contribution in [0.2, 0.25) is 5.02 Å². The van der Waals surface area contributed by atoms with Gasteiger partial charge in [0.15, 0.2) is 5.82 Å². The van der Waals surface area contributed by atoms with Crippen molar-refractivity contribution in [3.05, 3.63) is 64.3 Å². The Balaban J connectivity index is 1.73. The number of carbonyl (C=O) groups excluding carboxylic acids is 2. The zero-order chi connectivity index (χ0) is 19.1. The highest BCUT2D eigenvalue weighted by Gasteiger charge is 2.35. The Morgan fingerprint density at radius 1 is 1.44 bits per heavy atom. The molecule has 2 N–H and O–H groups in total. The zero-order valence-electron chi connectivity index (χ0n) is 14.1. The summed E-state index contributed by atoms with van der Waals surface area (Å²) in [7, 11) is 1.66. The average molecular weight is 389 g/mol. The molecule has 3 aromatic rings.